The number of nitrogens with one attached hydrogen (secondary N) is 1. The molecule has 1 amide bonds. The molecule has 98 valence electrons. The zero-order valence-electron chi connectivity index (χ0n) is 10.5. The van der Waals surface area contributed by atoms with E-state index in [1.54, 1.807) is 0 Å². The molecule has 19 heavy (non-hydrogen) atoms. The summed E-state index contributed by atoms with van der Waals surface area (Å²) >= 11 is 1.47. The Bertz CT molecular complexity index is 565. The van der Waals surface area contributed by atoms with Gasteiger partial charge >= 0.3 is 0 Å². The first-order chi connectivity index (χ1) is 9.34. The van der Waals surface area contributed by atoms with Gasteiger partial charge in [0, 0.05) is 12.5 Å². The third-order valence-electron chi connectivity index (χ3n) is 3.34. The minimum atomic E-state index is 0.0129. The number of amides is 1. The molecule has 0 bridgehead atoms. The molecular formula is C15H15NO2S. The van der Waals surface area contributed by atoms with E-state index >= 15 is 0 Å². The molecular weight excluding hydrogens is 258 g/mol. The smallest absolute Gasteiger partial charge is 0.261 e. The molecule has 0 saturated heterocycles. The van der Waals surface area contributed by atoms with Gasteiger partial charge in [-0.05, 0) is 29.5 Å². The summed E-state index contributed by atoms with van der Waals surface area (Å²) in [5.74, 6) is 1.30. The summed E-state index contributed by atoms with van der Waals surface area (Å²) in [5.41, 5.74) is 1.19. The molecule has 3 nitrogen and oxygen atoms in total. The van der Waals surface area contributed by atoms with Crippen molar-refractivity contribution in [3.8, 4) is 5.75 Å². The molecule has 1 aliphatic heterocycles. The zero-order valence-corrected chi connectivity index (χ0v) is 11.3. The van der Waals surface area contributed by atoms with Crippen LogP contribution >= 0.6 is 11.3 Å². The summed E-state index contributed by atoms with van der Waals surface area (Å²) in [4.78, 5) is 12.7. The summed E-state index contributed by atoms with van der Waals surface area (Å²) < 4.78 is 5.62. The number of fused-ring (bicyclic) bond motifs is 1. The van der Waals surface area contributed by atoms with Gasteiger partial charge in [-0.3, -0.25) is 4.79 Å². The normalized spacial score (nSPS) is 17.4. The largest absolute Gasteiger partial charge is 0.493 e. The third kappa shape index (κ3) is 2.63. The molecule has 0 radical (unpaired) electrons. The summed E-state index contributed by atoms with van der Waals surface area (Å²) in [6.07, 6.45) is 0.946. The van der Waals surface area contributed by atoms with Crippen LogP contribution in [0.5, 0.6) is 5.75 Å². The molecule has 3 rings (SSSR count). The van der Waals surface area contributed by atoms with Gasteiger partial charge in [0.15, 0.2) is 0 Å². The van der Waals surface area contributed by atoms with Crippen molar-refractivity contribution in [2.24, 2.45) is 0 Å². The molecule has 1 aromatic carbocycles. The van der Waals surface area contributed by atoms with Crippen molar-refractivity contribution in [1.29, 1.82) is 0 Å². The first-order valence-corrected chi connectivity index (χ1v) is 7.26. The van der Waals surface area contributed by atoms with Crippen molar-refractivity contribution in [3.63, 3.8) is 0 Å². The minimum absolute atomic E-state index is 0.0129. The van der Waals surface area contributed by atoms with Crippen LogP contribution < -0.4 is 10.1 Å². The lowest BCUT2D eigenvalue weighted by molar-refractivity contribution is 0.0952. The summed E-state index contributed by atoms with van der Waals surface area (Å²) in [6, 6.07) is 11.8. The molecule has 0 fully saturated rings. The number of hydrogen-bond acceptors (Lipinski definition) is 3. The first-order valence-electron chi connectivity index (χ1n) is 6.38. The van der Waals surface area contributed by atoms with Crippen LogP contribution in [0.25, 0.3) is 0 Å². The van der Waals surface area contributed by atoms with Crippen molar-refractivity contribution < 1.29 is 9.53 Å². The number of benzene rings is 1. The maximum Gasteiger partial charge on any atom is 0.261 e. The maximum atomic E-state index is 11.9. The average Bonchev–Trinajstić information content (AvgIpc) is 2.99. The van der Waals surface area contributed by atoms with Crippen LogP contribution in [0, 0.1) is 0 Å². The number of thiophene rings is 1. The molecule has 1 atom stereocenters. The Morgan fingerprint density at radius 1 is 1.32 bits per heavy atom. The maximum absolute atomic E-state index is 11.9. The SMILES string of the molecule is O=C(NCC1CCOc2ccccc21)c1cccs1. The topological polar surface area (TPSA) is 38.3 Å². The van der Waals surface area contributed by atoms with E-state index in [1.165, 1.54) is 16.9 Å². The highest BCUT2D eigenvalue weighted by Crippen LogP contribution is 2.32. The van der Waals surface area contributed by atoms with Gasteiger partial charge in [0.2, 0.25) is 0 Å². The molecule has 2 heterocycles. The molecule has 2 aromatic rings. The van der Waals surface area contributed by atoms with E-state index in [4.69, 9.17) is 4.74 Å². The molecule has 1 aromatic heterocycles. The number of carbonyl (C=O) groups excluding carboxylic acids is 1. The van der Waals surface area contributed by atoms with Crippen molar-refractivity contribution >= 4 is 17.2 Å². The van der Waals surface area contributed by atoms with Gasteiger partial charge in [0.1, 0.15) is 5.75 Å². The van der Waals surface area contributed by atoms with E-state index < -0.39 is 0 Å². The van der Waals surface area contributed by atoms with Crippen LogP contribution in [0.2, 0.25) is 0 Å². The lowest BCUT2D eigenvalue weighted by Gasteiger charge is -2.25. The Morgan fingerprint density at radius 2 is 2.21 bits per heavy atom. The Morgan fingerprint density at radius 3 is 3.05 bits per heavy atom. The average molecular weight is 273 g/mol. The number of rotatable bonds is 3. The number of carbonyl (C=O) groups is 1. The molecule has 1 aliphatic rings. The molecule has 0 spiro atoms. The van der Waals surface area contributed by atoms with Gasteiger partial charge in [0.25, 0.3) is 5.91 Å². The van der Waals surface area contributed by atoms with Crippen LogP contribution in [-0.4, -0.2) is 19.1 Å². The standard InChI is InChI=1S/C15H15NO2S/c17-15(14-6-3-9-19-14)16-10-11-7-8-18-13-5-2-1-4-12(11)13/h1-6,9,11H,7-8,10H2,(H,16,17). The zero-order chi connectivity index (χ0) is 13.1. The van der Waals surface area contributed by atoms with Crippen LogP contribution in [0.1, 0.15) is 27.6 Å². The van der Waals surface area contributed by atoms with Crippen molar-refractivity contribution in [2.45, 2.75) is 12.3 Å². The fraction of sp³-hybridized carbons (Fsp3) is 0.267. The van der Waals surface area contributed by atoms with Crippen LogP contribution in [0.4, 0.5) is 0 Å². The van der Waals surface area contributed by atoms with Crippen molar-refractivity contribution in [2.75, 3.05) is 13.2 Å². The Labute approximate surface area is 116 Å². The number of para-hydroxylation sites is 1. The fourth-order valence-corrected chi connectivity index (χ4v) is 2.98. The predicted octanol–water partition coefficient (Wildman–Crippen LogP) is 3.04. The Kier molecular flexibility index (Phi) is 3.51. The van der Waals surface area contributed by atoms with Gasteiger partial charge in [-0.25, -0.2) is 0 Å². The Hall–Kier alpha value is -1.81. The van der Waals surface area contributed by atoms with Crippen LogP contribution in [0.15, 0.2) is 41.8 Å². The summed E-state index contributed by atoms with van der Waals surface area (Å²) in [6.45, 7) is 1.38. The minimum Gasteiger partial charge on any atom is -0.493 e. The second-order valence-electron chi connectivity index (χ2n) is 4.56. The van der Waals surface area contributed by atoms with E-state index in [0.717, 1.165) is 23.7 Å². The highest BCUT2D eigenvalue weighted by molar-refractivity contribution is 7.12. The highest BCUT2D eigenvalue weighted by atomic mass is 32.1. The lowest BCUT2D eigenvalue weighted by Crippen LogP contribution is -2.30. The third-order valence-corrected chi connectivity index (χ3v) is 4.21. The first kappa shape index (κ1) is 12.2. The van der Waals surface area contributed by atoms with Gasteiger partial charge in [-0.15, -0.1) is 11.3 Å². The Balaban J connectivity index is 1.67. The van der Waals surface area contributed by atoms with E-state index in [9.17, 15) is 4.79 Å². The highest BCUT2D eigenvalue weighted by Gasteiger charge is 2.21. The molecule has 0 aliphatic carbocycles. The monoisotopic (exact) mass is 273 g/mol. The van der Waals surface area contributed by atoms with Crippen molar-refractivity contribution in [3.05, 3.63) is 52.2 Å². The molecule has 0 saturated carbocycles. The van der Waals surface area contributed by atoms with Gasteiger partial charge in [0.05, 0.1) is 11.5 Å². The van der Waals surface area contributed by atoms with Crippen LogP contribution in [0.3, 0.4) is 0 Å². The van der Waals surface area contributed by atoms with Gasteiger partial charge < -0.3 is 10.1 Å². The van der Waals surface area contributed by atoms with E-state index in [2.05, 4.69) is 11.4 Å². The van der Waals surface area contributed by atoms with E-state index in [0.29, 0.717) is 12.5 Å². The quantitative estimate of drug-likeness (QED) is 0.933. The molecule has 4 heteroatoms. The van der Waals surface area contributed by atoms with Gasteiger partial charge in [-0.2, -0.15) is 0 Å². The summed E-state index contributed by atoms with van der Waals surface area (Å²) in [5, 5.41) is 4.93. The van der Waals surface area contributed by atoms with Crippen LogP contribution in [-0.2, 0) is 0 Å². The number of hydrogen-bond donors (Lipinski definition) is 1. The second kappa shape index (κ2) is 5.45. The summed E-state index contributed by atoms with van der Waals surface area (Å²) in [7, 11) is 0. The number of ether oxygens (including phenoxy) is 1. The predicted molar refractivity (Wildman–Crippen MR) is 75.9 cm³/mol. The molecule has 1 N–H and O–H groups in total. The van der Waals surface area contributed by atoms with E-state index in [1.807, 2.05) is 35.7 Å². The fourth-order valence-electron chi connectivity index (χ4n) is 2.34. The van der Waals surface area contributed by atoms with Gasteiger partial charge in [-0.1, -0.05) is 24.3 Å². The van der Waals surface area contributed by atoms with Crippen molar-refractivity contribution in [1.82, 2.24) is 5.32 Å². The van der Waals surface area contributed by atoms with E-state index in [-0.39, 0.29) is 5.91 Å². The lowest BCUT2D eigenvalue weighted by atomic mass is 9.93. The second-order valence-corrected chi connectivity index (χ2v) is 5.51. The molecule has 1 unspecified atom stereocenters.